The third-order valence-corrected chi connectivity index (χ3v) is 5.47. The second-order valence-electron chi connectivity index (χ2n) is 5.21. The van der Waals surface area contributed by atoms with Crippen LogP contribution in [0.2, 0.25) is 0 Å². The molecule has 2 unspecified atom stereocenters. The van der Waals surface area contributed by atoms with Gasteiger partial charge in [0.15, 0.2) is 0 Å². The summed E-state index contributed by atoms with van der Waals surface area (Å²) >= 11 is 2.04. The molecule has 2 fully saturated rings. The third-order valence-electron chi connectivity index (χ3n) is 3.89. The zero-order valence-electron chi connectivity index (χ0n) is 10.5. The summed E-state index contributed by atoms with van der Waals surface area (Å²) in [6, 6.07) is 3.62. The van der Waals surface area contributed by atoms with Crippen LogP contribution in [0.4, 0.5) is 0 Å². The highest BCUT2D eigenvalue weighted by molar-refractivity contribution is 8.00. The first-order valence-corrected chi connectivity index (χ1v) is 7.40. The Morgan fingerprint density at radius 1 is 1.28 bits per heavy atom. The molecule has 98 valence electrons. The molecule has 1 N–H and O–H groups in total. The van der Waals surface area contributed by atoms with Crippen LogP contribution in [-0.4, -0.2) is 32.9 Å². The number of methoxy groups -OCH3 is 1. The van der Waals surface area contributed by atoms with Crippen molar-refractivity contribution in [3.05, 3.63) is 17.8 Å². The maximum atomic E-state index is 10.9. The lowest BCUT2D eigenvalue weighted by atomic mass is 9.83. The van der Waals surface area contributed by atoms with E-state index >= 15 is 0 Å². The quantitative estimate of drug-likeness (QED) is 0.888. The molecule has 18 heavy (non-hydrogen) atoms. The number of fused-ring (bicyclic) bond motifs is 2. The van der Waals surface area contributed by atoms with Crippen molar-refractivity contribution < 1.29 is 9.84 Å². The molecule has 2 bridgehead atoms. The Morgan fingerprint density at radius 3 is 2.56 bits per heavy atom. The first kappa shape index (κ1) is 12.2. The van der Waals surface area contributed by atoms with E-state index in [0.29, 0.717) is 22.1 Å². The van der Waals surface area contributed by atoms with Gasteiger partial charge in [-0.1, -0.05) is 6.42 Å². The minimum atomic E-state index is -0.791. The van der Waals surface area contributed by atoms with Gasteiger partial charge < -0.3 is 9.84 Å². The van der Waals surface area contributed by atoms with Crippen LogP contribution in [0.5, 0.6) is 5.88 Å². The number of hydrogen-bond acceptors (Lipinski definition) is 5. The number of thioether (sulfide) groups is 1. The van der Waals surface area contributed by atoms with Gasteiger partial charge in [0.1, 0.15) is 5.60 Å². The Balaban J connectivity index is 1.84. The van der Waals surface area contributed by atoms with Gasteiger partial charge in [-0.25, -0.2) is 0 Å². The van der Waals surface area contributed by atoms with Gasteiger partial charge in [0.25, 0.3) is 0 Å². The van der Waals surface area contributed by atoms with E-state index in [4.69, 9.17) is 4.74 Å². The van der Waals surface area contributed by atoms with Gasteiger partial charge in [-0.3, -0.25) is 0 Å². The highest BCUT2D eigenvalue weighted by Crippen LogP contribution is 2.48. The molecule has 0 aliphatic carbocycles. The predicted octanol–water partition coefficient (Wildman–Crippen LogP) is 2.12. The Bertz CT molecular complexity index is 412. The summed E-state index contributed by atoms with van der Waals surface area (Å²) in [5.74, 6) is 0.493. The van der Waals surface area contributed by atoms with Gasteiger partial charge in [0, 0.05) is 16.6 Å². The SMILES string of the molecule is COc1ccc(C2(O)CC3CCCC(C2)S3)nn1. The van der Waals surface area contributed by atoms with Crippen molar-refractivity contribution >= 4 is 11.8 Å². The summed E-state index contributed by atoms with van der Waals surface area (Å²) < 4.78 is 5.00. The van der Waals surface area contributed by atoms with E-state index in [1.165, 1.54) is 19.3 Å². The summed E-state index contributed by atoms with van der Waals surface area (Å²) in [6.07, 6.45) is 5.33. The number of ether oxygens (including phenoxy) is 1. The number of rotatable bonds is 2. The van der Waals surface area contributed by atoms with E-state index in [9.17, 15) is 5.11 Å². The summed E-state index contributed by atoms with van der Waals surface area (Å²) in [5.41, 5.74) is -0.0965. The summed E-state index contributed by atoms with van der Waals surface area (Å²) in [4.78, 5) is 0. The van der Waals surface area contributed by atoms with Crippen LogP contribution in [-0.2, 0) is 5.60 Å². The monoisotopic (exact) mass is 266 g/mol. The Morgan fingerprint density at radius 2 is 2.00 bits per heavy atom. The van der Waals surface area contributed by atoms with Crippen LogP contribution in [0, 0.1) is 0 Å². The molecule has 2 atom stereocenters. The normalized spacial score (nSPS) is 35.2. The third kappa shape index (κ3) is 2.21. The van der Waals surface area contributed by atoms with E-state index in [2.05, 4.69) is 10.2 Å². The average Bonchev–Trinajstić information content (AvgIpc) is 2.38. The molecule has 0 spiro atoms. The van der Waals surface area contributed by atoms with Crippen LogP contribution in [0.1, 0.15) is 37.8 Å². The molecule has 1 aromatic heterocycles. The molecule has 5 heteroatoms. The molecule has 0 amide bonds. The molecular weight excluding hydrogens is 248 g/mol. The smallest absolute Gasteiger partial charge is 0.233 e. The molecule has 1 aromatic rings. The fraction of sp³-hybridized carbons (Fsp3) is 0.692. The second kappa shape index (κ2) is 4.70. The fourth-order valence-corrected chi connectivity index (χ4v) is 4.90. The Kier molecular flexibility index (Phi) is 3.20. The lowest BCUT2D eigenvalue weighted by Gasteiger charge is -2.43. The number of aromatic nitrogens is 2. The van der Waals surface area contributed by atoms with Crippen molar-refractivity contribution in [3.8, 4) is 5.88 Å². The van der Waals surface area contributed by atoms with Crippen LogP contribution in [0.25, 0.3) is 0 Å². The maximum absolute atomic E-state index is 10.9. The van der Waals surface area contributed by atoms with Crippen LogP contribution in [0.15, 0.2) is 12.1 Å². The zero-order chi connectivity index (χ0) is 12.6. The van der Waals surface area contributed by atoms with Crippen molar-refractivity contribution in [2.75, 3.05) is 7.11 Å². The summed E-state index contributed by atoms with van der Waals surface area (Å²) in [6.45, 7) is 0. The zero-order valence-corrected chi connectivity index (χ0v) is 11.3. The molecular formula is C13H18N2O2S. The standard InChI is InChI=1S/C13H18N2O2S/c1-17-12-6-5-11(14-15-12)13(16)7-9-3-2-4-10(8-13)18-9/h5-6,9-10,16H,2-4,7-8H2,1H3. The molecule has 0 radical (unpaired) electrons. The largest absolute Gasteiger partial charge is 0.480 e. The van der Waals surface area contributed by atoms with E-state index in [1.54, 1.807) is 13.2 Å². The first-order valence-electron chi connectivity index (χ1n) is 6.46. The van der Waals surface area contributed by atoms with E-state index in [-0.39, 0.29) is 0 Å². The number of nitrogens with zero attached hydrogens (tertiary/aromatic N) is 2. The summed E-state index contributed by atoms with van der Waals surface area (Å²) in [7, 11) is 1.57. The van der Waals surface area contributed by atoms with Gasteiger partial charge in [-0.15, -0.1) is 10.2 Å². The van der Waals surface area contributed by atoms with Crippen molar-refractivity contribution in [1.29, 1.82) is 0 Å². The predicted molar refractivity (Wildman–Crippen MR) is 70.7 cm³/mol. The molecule has 0 aromatic carbocycles. The minimum Gasteiger partial charge on any atom is -0.480 e. The van der Waals surface area contributed by atoms with Gasteiger partial charge in [-0.05, 0) is 31.7 Å². The highest BCUT2D eigenvalue weighted by atomic mass is 32.2. The van der Waals surface area contributed by atoms with E-state index < -0.39 is 5.60 Å². The topological polar surface area (TPSA) is 55.2 Å². The number of aliphatic hydroxyl groups is 1. The van der Waals surface area contributed by atoms with Crippen molar-refractivity contribution in [3.63, 3.8) is 0 Å². The first-order chi connectivity index (χ1) is 8.69. The molecule has 0 saturated carbocycles. The fourth-order valence-electron chi connectivity index (χ4n) is 3.00. The van der Waals surface area contributed by atoms with Gasteiger partial charge in [0.05, 0.1) is 12.8 Å². The maximum Gasteiger partial charge on any atom is 0.233 e. The van der Waals surface area contributed by atoms with Crippen molar-refractivity contribution in [1.82, 2.24) is 10.2 Å². The van der Waals surface area contributed by atoms with Gasteiger partial charge in [-0.2, -0.15) is 11.8 Å². The van der Waals surface area contributed by atoms with E-state index in [1.807, 2.05) is 17.8 Å². The van der Waals surface area contributed by atoms with Gasteiger partial charge >= 0.3 is 0 Å². The highest BCUT2D eigenvalue weighted by Gasteiger charge is 2.43. The van der Waals surface area contributed by atoms with Crippen LogP contribution < -0.4 is 4.74 Å². The Hall–Kier alpha value is -0.810. The molecule has 3 heterocycles. The molecule has 3 rings (SSSR count). The van der Waals surface area contributed by atoms with Crippen LogP contribution >= 0.6 is 11.8 Å². The lowest BCUT2D eigenvalue weighted by Crippen LogP contribution is -2.41. The second-order valence-corrected chi connectivity index (χ2v) is 6.82. The molecule has 2 aliphatic rings. The molecule has 4 nitrogen and oxygen atoms in total. The lowest BCUT2D eigenvalue weighted by molar-refractivity contribution is 0.00310. The molecule has 2 saturated heterocycles. The minimum absolute atomic E-state index is 0.493. The average molecular weight is 266 g/mol. The van der Waals surface area contributed by atoms with Crippen molar-refractivity contribution in [2.24, 2.45) is 0 Å². The van der Waals surface area contributed by atoms with Crippen molar-refractivity contribution in [2.45, 2.75) is 48.2 Å². The summed E-state index contributed by atoms with van der Waals surface area (Å²) in [5, 5.41) is 20.1. The van der Waals surface area contributed by atoms with Gasteiger partial charge in [0.2, 0.25) is 5.88 Å². The molecule has 2 aliphatic heterocycles. The Labute approximate surface area is 111 Å². The number of hydrogen-bond donors (Lipinski definition) is 1. The van der Waals surface area contributed by atoms with E-state index in [0.717, 1.165) is 12.8 Å². The van der Waals surface area contributed by atoms with Crippen LogP contribution in [0.3, 0.4) is 0 Å².